The minimum Gasteiger partial charge on any atom is -0.611 e. The Bertz CT molecular complexity index is 784. The third-order valence-corrected chi connectivity index (χ3v) is 6.40. The fraction of sp³-hybridized carbons (Fsp3) is 0.333. The second-order valence-corrected chi connectivity index (χ2v) is 7.81. The molecule has 0 aliphatic heterocycles. The predicted octanol–water partition coefficient (Wildman–Crippen LogP) is 3.75. The molecule has 0 fully saturated rings. The van der Waals surface area contributed by atoms with Gasteiger partial charge in [0.25, 0.3) is 0 Å². The molecule has 0 aromatic carbocycles. The van der Waals surface area contributed by atoms with Crippen molar-refractivity contribution in [1.29, 1.82) is 0 Å². The van der Waals surface area contributed by atoms with Gasteiger partial charge in [-0.25, -0.2) is 9.97 Å². The molecule has 0 saturated heterocycles. The van der Waals surface area contributed by atoms with E-state index in [1.807, 2.05) is 13.0 Å². The first-order chi connectivity index (χ1) is 10.6. The average Bonchev–Trinajstić information content (AvgIpc) is 3.13. The van der Waals surface area contributed by atoms with Gasteiger partial charge in [-0.1, -0.05) is 24.7 Å². The molecule has 3 aromatic heterocycles. The standard InChI is InChI=1S/C15H17N3O2S2/c1-3-4-7-22(19)15-12(16)11-9(2)8-10(18-14(11)21-15)13-17-5-6-20-13/h5-6,8H,3-4,7,16H2,1-2H3. The van der Waals surface area contributed by atoms with Crippen molar-refractivity contribution >= 4 is 38.4 Å². The number of thiophene rings is 1. The number of hydrogen-bond acceptors (Lipinski definition) is 6. The van der Waals surface area contributed by atoms with Gasteiger partial charge in [0.1, 0.15) is 28.2 Å². The number of aryl methyl sites for hydroxylation is 1. The van der Waals surface area contributed by atoms with Gasteiger partial charge in [-0.05, 0) is 36.2 Å². The fourth-order valence-electron chi connectivity index (χ4n) is 2.29. The minimum atomic E-state index is -1.06. The van der Waals surface area contributed by atoms with Crippen LogP contribution in [0.15, 0.2) is 27.2 Å². The predicted molar refractivity (Wildman–Crippen MR) is 90.4 cm³/mol. The Morgan fingerprint density at radius 1 is 1.45 bits per heavy atom. The zero-order chi connectivity index (χ0) is 15.7. The maximum absolute atomic E-state index is 12.4. The summed E-state index contributed by atoms with van der Waals surface area (Å²) in [5, 5.41) is 0.889. The van der Waals surface area contributed by atoms with Gasteiger partial charge in [-0.15, -0.1) is 0 Å². The van der Waals surface area contributed by atoms with Gasteiger partial charge >= 0.3 is 0 Å². The van der Waals surface area contributed by atoms with Crippen LogP contribution in [-0.2, 0) is 11.2 Å². The largest absolute Gasteiger partial charge is 0.611 e. The summed E-state index contributed by atoms with van der Waals surface area (Å²) in [6.07, 6.45) is 5.05. The molecule has 0 radical (unpaired) electrons. The van der Waals surface area contributed by atoms with E-state index in [-0.39, 0.29) is 0 Å². The van der Waals surface area contributed by atoms with Crippen LogP contribution in [0.5, 0.6) is 0 Å². The lowest BCUT2D eigenvalue weighted by atomic mass is 10.1. The molecule has 0 amide bonds. The SMILES string of the molecule is CCCC[S+]([O-])c1sc2nc(-c3ncco3)cc(C)c2c1N. The molecule has 0 spiro atoms. The number of nitrogens with two attached hydrogens (primary N) is 1. The van der Waals surface area contributed by atoms with Gasteiger partial charge in [-0.3, -0.25) is 0 Å². The highest BCUT2D eigenvalue weighted by Gasteiger charge is 2.23. The maximum Gasteiger partial charge on any atom is 0.245 e. The first-order valence-corrected chi connectivity index (χ1v) is 9.23. The van der Waals surface area contributed by atoms with E-state index in [0.717, 1.165) is 32.8 Å². The van der Waals surface area contributed by atoms with E-state index in [1.54, 1.807) is 6.20 Å². The zero-order valence-corrected chi connectivity index (χ0v) is 14.1. The Hall–Kier alpha value is -1.57. The normalized spacial score (nSPS) is 12.9. The van der Waals surface area contributed by atoms with Crippen molar-refractivity contribution in [3.8, 4) is 11.6 Å². The number of hydrogen-bond donors (Lipinski definition) is 1. The van der Waals surface area contributed by atoms with Gasteiger partial charge in [0.05, 0.1) is 6.20 Å². The second kappa shape index (κ2) is 6.28. The van der Waals surface area contributed by atoms with E-state index in [0.29, 0.717) is 23.0 Å². The van der Waals surface area contributed by atoms with E-state index in [1.165, 1.54) is 17.6 Å². The van der Waals surface area contributed by atoms with Crippen LogP contribution < -0.4 is 5.73 Å². The fourth-order valence-corrected chi connectivity index (χ4v) is 5.13. The van der Waals surface area contributed by atoms with Crippen LogP contribution in [0.1, 0.15) is 25.3 Å². The molecule has 3 aromatic rings. The van der Waals surface area contributed by atoms with Crippen LogP contribution in [0.4, 0.5) is 5.69 Å². The number of nitrogens with zero attached hydrogens (tertiary/aromatic N) is 2. The Morgan fingerprint density at radius 2 is 2.27 bits per heavy atom. The van der Waals surface area contributed by atoms with Crippen molar-refractivity contribution in [3.05, 3.63) is 24.1 Å². The number of nitrogen functional groups attached to an aromatic ring is 1. The molecule has 22 heavy (non-hydrogen) atoms. The lowest BCUT2D eigenvalue weighted by Crippen LogP contribution is -2.06. The Kier molecular flexibility index (Phi) is 4.37. The van der Waals surface area contributed by atoms with Gasteiger partial charge in [0.15, 0.2) is 0 Å². The zero-order valence-electron chi connectivity index (χ0n) is 12.5. The number of unbranched alkanes of at least 4 members (excludes halogenated alkanes) is 1. The van der Waals surface area contributed by atoms with Crippen LogP contribution in [0.3, 0.4) is 0 Å². The quantitative estimate of drug-likeness (QED) is 0.717. The molecular formula is C15H17N3O2S2. The first kappa shape index (κ1) is 15.3. The van der Waals surface area contributed by atoms with E-state index < -0.39 is 11.2 Å². The summed E-state index contributed by atoms with van der Waals surface area (Å²) in [5.41, 5.74) is 8.48. The molecule has 116 valence electrons. The van der Waals surface area contributed by atoms with Gasteiger partial charge < -0.3 is 14.7 Å². The van der Waals surface area contributed by atoms with Crippen molar-refractivity contribution in [1.82, 2.24) is 9.97 Å². The third kappa shape index (κ3) is 2.71. The maximum atomic E-state index is 12.4. The van der Waals surface area contributed by atoms with Gasteiger partial charge in [-0.2, -0.15) is 0 Å². The highest BCUT2D eigenvalue weighted by molar-refractivity contribution is 7.93. The summed E-state index contributed by atoms with van der Waals surface area (Å²) in [6.45, 7) is 4.05. The Morgan fingerprint density at radius 3 is 2.95 bits per heavy atom. The van der Waals surface area contributed by atoms with Crippen molar-refractivity contribution in [2.24, 2.45) is 0 Å². The number of rotatable bonds is 5. The highest BCUT2D eigenvalue weighted by atomic mass is 32.2. The number of oxazole rings is 1. The molecular weight excluding hydrogens is 318 g/mol. The average molecular weight is 335 g/mol. The van der Waals surface area contributed by atoms with Crippen molar-refractivity contribution < 1.29 is 8.97 Å². The number of aromatic nitrogens is 2. The molecule has 2 N–H and O–H groups in total. The molecule has 0 saturated carbocycles. The van der Waals surface area contributed by atoms with Gasteiger partial charge in [0.2, 0.25) is 10.1 Å². The molecule has 3 rings (SSSR count). The van der Waals surface area contributed by atoms with Crippen LogP contribution in [0.2, 0.25) is 0 Å². The van der Waals surface area contributed by atoms with Crippen LogP contribution in [0, 0.1) is 6.92 Å². The Labute approximate surface area is 135 Å². The molecule has 0 aliphatic carbocycles. The van der Waals surface area contributed by atoms with Crippen molar-refractivity contribution in [2.45, 2.75) is 30.9 Å². The monoisotopic (exact) mass is 335 g/mol. The number of anilines is 1. The number of pyridine rings is 1. The molecule has 0 bridgehead atoms. The molecule has 1 unspecified atom stereocenters. The van der Waals surface area contributed by atoms with Crippen LogP contribution in [-0.4, -0.2) is 20.3 Å². The van der Waals surface area contributed by atoms with E-state index in [4.69, 9.17) is 10.2 Å². The van der Waals surface area contributed by atoms with E-state index in [2.05, 4.69) is 16.9 Å². The molecule has 0 aliphatic rings. The smallest absolute Gasteiger partial charge is 0.245 e. The van der Waals surface area contributed by atoms with Crippen molar-refractivity contribution in [2.75, 3.05) is 11.5 Å². The van der Waals surface area contributed by atoms with Crippen LogP contribution >= 0.6 is 11.3 Å². The van der Waals surface area contributed by atoms with Crippen LogP contribution in [0.25, 0.3) is 21.8 Å². The summed E-state index contributed by atoms with van der Waals surface area (Å²) >= 11 is 0.338. The molecule has 7 heteroatoms. The summed E-state index contributed by atoms with van der Waals surface area (Å²) in [5.74, 6) is 1.12. The molecule has 3 heterocycles. The molecule has 5 nitrogen and oxygen atoms in total. The Balaban J connectivity index is 2.07. The first-order valence-electron chi connectivity index (χ1n) is 7.09. The summed E-state index contributed by atoms with van der Waals surface area (Å²) < 4.78 is 18.4. The number of fused-ring (bicyclic) bond motifs is 1. The second-order valence-electron chi connectivity index (χ2n) is 5.05. The van der Waals surface area contributed by atoms with Gasteiger partial charge in [0, 0.05) is 5.39 Å². The highest BCUT2D eigenvalue weighted by Crippen LogP contribution is 2.39. The van der Waals surface area contributed by atoms with Crippen molar-refractivity contribution in [3.63, 3.8) is 0 Å². The summed E-state index contributed by atoms with van der Waals surface area (Å²) in [7, 11) is 0. The lowest BCUT2D eigenvalue weighted by molar-refractivity contribution is 0.572. The summed E-state index contributed by atoms with van der Waals surface area (Å²) in [6, 6.07) is 1.90. The third-order valence-electron chi connectivity index (χ3n) is 3.40. The lowest BCUT2D eigenvalue weighted by Gasteiger charge is -2.08. The minimum absolute atomic E-state index is 0.477. The summed E-state index contributed by atoms with van der Waals surface area (Å²) in [4.78, 5) is 9.48. The molecule has 1 atom stereocenters. The van der Waals surface area contributed by atoms with E-state index >= 15 is 0 Å². The topological polar surface area (TPSA) is 88.0 Å². The van der Waals surface area contributed by atoms with E-state index in [9.17, 15) is 4.55 Å².